The number of rotatable bonds is 0. The predicted octanol–water partition coefficient (Wildman–Crippen LogP) is 3.56. The first-order valence-corrected chi connectivity index (χ1v) is 4.99. The summed E-state index contributed by atoms with van der Waals surface area (Å²) in [7, 11) is 0. The number of ketones is 1. The van der Waals surface area contributed by atoms with Crippen LogP contribution in [0.2, 0.25) is 5.02 Å². The predicted molar refractivity (Wildman–Crippen MR) is 53.4 cm³/mol. The molecule has 0 heterocycles. The zero-order valence-electron chi connectivity index (χ0n) is 7.81. The van der Waals surface area contributed by atoms with Crippen LogP contribution in [0, 0.1) is 5.82 Å². The standard InChI is InChI=1S/C11H10ClFO/c1-6-2-3-10(14)8-4-7(12)5-9(13)11(6)8/h4-6H,2-3H2,1H3. The zero-order chi connectivity index (χ0) is 10.3. The molecule has 0 saturated carbocycles. The molecule has 0 bridgehead atoms. The minimum Gasteiger partial charge on any atom is -0.294 e. The van der Waals surface area contributed by atoms with E-state index in [1.165, 1.54) is 6.07 Å². The lowest BCUT2D eigenvalue weighted by Gasteiger charge is -2.21. The Morgan fingerprint density at radius 2 is 2.21 bits per heavy atom. The van der Waals surface area contributed by atoms with Gasteiger partial charge in [0.15, 0.2) is 5.78 Å². The number of Topliss-reactive ketones (excluding diaryl/α,β-unsaturated/α-hetero) is 1. The molecule has 1 aromatic carbocycles. The Bertz CT molecular complexity index is 401. The Labute approximate surface area is 86.9 Å². The molecule has 3 heteroatoms. The highest BCUT2D eigenvalue weighted by molar-refractivity contribution is 6.31. The van der Waals surface area contributed by atoms with Gasteiger partial charge >= 0.3 is 0 Å². The highest BCUT2D eigenvalue weighted by atomic mass is 35.5. The van der Waals surface area contributed by atoms with Crippen molar-refractivity contribution in [1.29, 1.82) is 0 Å². The Kier molecular flexibility index (Phi) is 2.31. The van der Waals surface area contributed by atoms with Gasteiger partial charge in [-0.05, 0) is 24.5 Å². The molecule has 0 saturated heterocycles. The molecule has 1 aliphatic rings. The van der Waals surface area contributed by atoms with Gasteiger partial charge in [0.1, 0.15) is 5.82 Å². The van der Waals surface area contributed by atoms with E-state index in [9.17, 15) is 9.18 Å². The summed E-state index contributed by atoms with van der Waals surface area (Å²) in [6.07, 6.45) is 1.22. The van der Waals surface area contributed by atoms with Crippen molar-refractivity contribution in [2.75, 3.05) is 0 Å². The summed E-state index contributed by atoms with van der Waals surface area (Å²) >= 11 is 5.70. The molecular formula is C11H10ClFO. The molecule has 1 atom stereocenters. The molecule has 74 valence electrons. The highest BCUT2D eigenvalue weighted by Crippen LogP contribution is 2.34. The van der Waals surface area contributed by atoms with Crippen LogP contribution in [-0.4, -0.2) is 5.78 Å². The minimum atomic E-state index is -0.354. The minimum absolute atomic E-state index is 0.000463. The first-order valence-electron chi connectivity index (χ1n) is 4.61. The maximum Gasteiger partial charge on any atom is 0.163 e. The third kappa shape index (κ3) is 1.44. The Balaban J connectivity index is 2.66. The first kappa shape index (κ1) is 9.66. The van der Waals surface area contributed by atoms with Crippen LogP contribution in [0.1, 0.15) is 41.6 Å². The van der Waals surface area contributed by atoms with Crippen LogP contribution in [-0.2, 0) is 0 Å². The molecule has 0 radical (unpaired) electrons. The van der Waals surface area contributed by atoms with Crippen LogP contribution in [0.25, 0.3) is 0 Å². The van der Waals surface area contributed by atoms with E-state index < -0.39 is 0 Å². The van der Waals surface area contributed by atoms with E-state index in [0.717, 1.165) is 6.42 Å². The molecule has 0 aromatic heterocycles. The monoisotopic (exact) mass is 212 g/mol. The average Bonchev–Trinajstić information content (AvgIpc) is 2.10. The lowest BCUT2D eigenvalue weighted by Crippen LogP contribution is -2.15. The number of hydrogen-bond donors (Lipinski definition) is 0. The van der Waals surface area contributed by atoms with Crippen LogP contribution in [0.5, 0.6) is 0 Å². The van der Waals surface area contributed by atoms with Gasteiger partial charge in [-0.3, -0.25) is 4.79 Å². The van der Waals surface area contributed by atoms with Crippen LogP contribution in [0.4, 0.5) is 4.39 Å². The van der Waals surface area contributed by atoms with Crippen molar-refractivity contribution in [1.82, 2.24) is 0 Å². The van der Waals surface area contributed by atoms with Gasteiger partial charge in [-0.1, -0.05) is 18.5 Å². The quantitative estimate of drug-likeness (QED) is 0.643. The molecule has 0 N–H and O–H groups in total. The normalized spacial score (nSPS) is 20.8. The number of carbonyl (C=O) groups is 1. The van der Waals surface area contributed by atoms with E-state index in [1.807, 2.05) is 6.92 Å². The Morgan fingerprint density at radius 1 is 1.50 bits per heavy atom. The fourth-order valence-electron chi connectivity index (χ4n) is 1.94. The van der Waals surface area contributed by atoms with E-state index in [2.05, 4.69) is 0 Å². The van der Waals surface area contributed by atoms with Gasteiger partial charge in [-0.15, -0.1) is 0 Å². The lowest BCUT2D eigenvalue weighted by molar-refractivity contribution is 0.0966. The van der Waals surface area contributed by atoms with Crippen LogP contribution >= 0.6 is 11.6 Å². The fourth-order valence-corrected chi connectivity index (χ4v) is 2.15. The summed E-state index contributed by atoms with van der Waals surface area (Å²) in [5, 5.41) is 0.295. The molecule has 1 unspecified atom stereocenters. The number of fused-ring (bicyclic) bond motifs is 1. The smallest absolute Gasteiger partial charge is 0.163 e. The second-order valence-electron chi connectivity index (χ2n) is 3.71. The van der Waals surface area contributed by atoms with Crippen molar-refractivity contribution in [3.63, 3.8) is 0 Å². The maximum absolute atomic E-state index is 13.5. The molecule has 1 aromatic rings. The highest BCUT2D eigenvalue weighted by Gasteiger charge is 2.26. The molecule has 2 rings (SSSR count). The van der Waals surface area contributed by atoms with Gasteiger partial charge in [0, 0.05) is 22.6 Å². The fraction of sp³-hybridized carbons (Fsp3) is 0.364. The van der Waals surface area contributed by atoms with E-state index in [0.29, 0.717) is 22.6 Å². The second-order valence-corrected chi connectivity index (χ2v) is 4.15. The number of hydrogen-bond acceptors (Lipinski definition) is 1. The van der Waals surface area contributed by atoms with Crippen molar-refractivity contribution in [3.05, 3.63) is 34.1 Å². The van der Waals surface area contributed by atoms with Gasteiger partial charge in [0.05, 0.1) is 0 Å². The molecule has 0 spiro atoms. The first-order chi connectivity index (χ1) is 6.59. The molecular weight excluding hydrogens is 203 g/mol. The Morgan fingerprint density at radius 3 is 2.93 bits per heavy atom. The van der Waals surface area contributed by atoms with Gasteiger partial charge in [0.25, 0.3) is 0 Å². The van der Waals surface area contributed by atoms with Crippen LogP contribution in [0.3, 0.4) is 0 Å². The summed E-state index contributed by atoms with van der Waals surface area (Å²) < 4.78 is 13.5. The van der Waals surface area contributed by atoms with Crippen LogP contribution in [0.15, 0.2) is 12.1 Å². The summed E-state index contributed by atoms with van der Waals surface area (Å²) in [6, 6.07) is 2.84. The van der Waals surface area contributed by atoms with Crippen molar-refractivity contribution in [3.8, 4) is 0 Å². The second kappa shape index (κ2) is 3.35. The number of halogens is 2. The van der Waals surface area contributed by atoms with Crippen molar-refractivity contribution >= 4 is 17.4 Å². The van der Waals surface area contributed by atoms with Crippen LogP contribution < -0.4 is 0 Å². The van der Waals surface area contributed by atoms with E-state index in [-0.39, 0.29) is 17.5 Å². The van der Waals surface area contributed by atoms with Crippen molar-refractivity contribution in [2.24, 2.45) is 0 Å². The Hall–Kier alpha value is -0.890. The van der Waals surface area contributed by atoms with Gasteiger partial charge in [0.2, 0.25) is 0 Å². The van der Waals surface area contributed by atoms with Crippen molar-refractivity contribution in [2.45, 2.75) is 25.7 Å². The SMILES string of the molecule is CC1CCC(=O)c2cc(Cl)cc(F)c21. The maximum atomic E-state index is 13.5. The molecule has 1 aliphatic carbocycles. The van der Waals surface area contributed by atoms with E-state index >= 15 is 0 Å². The lowest BCUT2D eigenvalue weighted by atomic mass is 9.83. The molecule has 0 aliphatic heterocycles. The van der Waals surface area contributed by atoms with Gasteiger partial charge < -0.3 is 0 Å². The third-order valence-corrected chi connectivity index (χ3v) is 2.91. The average molecular weight is 213 g/mol. The molecule has 0 fully saturated rings. The molecule has 0 amide bonds. The van der Waals surface area contributed by atoms with E-state index in [1.54, 1.807) is 6.07 Å². The zero-order valence-corrected chi connectivity index (χ0v) is 8.57. The van der Waals surface area contributed by atoms with Gasteiger partial charge in [-0.25, -0.2) is 4.39 Å². The summed E-state index contributed by atoms with van der Waals surface area (Å²) in [6.45, 7) is 1.93. The third-order valence-electron chi connectivity index (χ3n) is 2.69. The molecule has 1 nitrogen and oxygen atoms in total. The topological polar surface area (TPSA) is 17.1 Å². The van der Waals surface area contributed by atoms with Crippen molar-refractivity contribution < 1.29 is 9.18 Å². The summed E-state index contributed by atoms with van der Waals surface area (Å²) in [5.74, 6) is -0.243. The van der Waals surface area contributed by atoms with E-state index in [4.69, 9.17) is 11.6 Å². The molecule has 14 heavy (non-hydrogen) atoms. The largest absolute Gasteiger partial charge is 0.294 e. The summed E-state index contributed by atoms with van der Waals surface area (Å²) in [5.41, 5.74) is 0.999. The summed E-state index contributed by atoms with van der Waals surface area (Å²) in [4.78, 5) is 11.5. The number of benzene rings is 1. The van der Waals surface area contributed by atoms with Gasteiger partial charge in [-0.2, -0.15) is 0 Å². The number of carbonyl (C=O) groups excluding carboxylic acids is 1.